The molecule has 0 amide bonds. The Morgan fingerprint density at radius 3 is 2.40 bits per heavy atom. The number of hydrogen-bond acceptors (Lipinski definition) is 5. The molecule has 0 fully saturated rings. The van der Waals surface area contributed by atoms with E-state index in [4.69, 9.17) is 0 Å². The minimum atomic E-state index is -0.424. The van der Waals surface area contributed by atoms with Crippen molar-refractivity contribution in [2.24, 2.45) is 19.2 Å². The minimum Gasteiger partial charge on any atom is -0.298 e. The van der Waals surface area contributed by atoms with E-state index in [2.05, 4.69) is 15.5 Å². The largest absolute Gasteiger partial charge is 0.332 e. The summed E-state index contributed by atoms with van der Waals surface area (Å²) in [5.41, 5.74) is 5.87. The molecule has 0 aliphatic rings. The summed E-state index contributed by atoms with van der Waals surface area (Å²) in [5.74, 6) is 0.385. The maximum absolute atomic E-state index is 12.9. The Bertz CT molecular complexity index is 1350. The molecule has 1 N–H and O–H groups in total. The molecule has 4 rings (SSSR count). The molecule has 0 spiro atoms. The molecular formula is C22H22N6O2. The summed E-state index contributed by atoms with van der Waals surface area (Å²) in [4.78, 5) is 29.7. The number of fused-ring (bicyclic) bond motifs is 1. The molecule has 0 saturated carbocycles. The summed E-state index contributed by atoms with van der Waals surface area (Å²) in [6.45, 7) is 2.43. The third-order valence-corrected chi connectivity index (χ3v) is 4.99. The highest BCUT2D eigenvalue weighted by Gasteiger charge is 2.19. The molecule has 0 aliphatic heterocycles. The summed E-state index contributed by atoms with van der Waals surface area (Å²) < 4.78 is 4.21. The van der Waals surface area contributed by atoms with E-state index in [0.29, 0.717) is 23.7 Å². The van der Waals surface area contributed by atoms with Crippen molar-refractivity contribution in [3.63, 3.8) is 0 Å². The molecule has 2 aromatic carbocycles. The molecule has 8 nitrogen and oxygen atoms in total. The predicted octanol–water partition coefficient (Wildman–Crippen LogP) is 2.24. The van der Waals surface area contributed by atoms with Crippen molar-refractivity contribution in [3.05, 3.63) is 92.1 Å². The summed E-state index contributed by atoms with van der Waals surface area (Å²) in [6, 6.07) is 17.7. The summed E-state index contributed by atoms with van der Waals surface area (Å²) in [7, 11) is 3.07. The highest BCUT2D eigenvalue weighted by atomic mass is 16.2. The second-order valence-corrected chi connectivity index (χ2v) is 7.17. The van der Waals surface area contributed by atoms with E-state index >= 15 is 0 Å². The third kappa shape index (κ3) is 3.55. The Hall–Kier alpha value is -3.94. The van der Waals surface area contributed by atoms with Gasteiger partial charge in [-0.05, 0) is 18.1 Å². The van der Waals surface area contributed by atoms with Crippen molar-refractivity contribution in [3.8, 4) is 0 Å². The number of hydrazone groups is 1. The standard InChI is InChI=1S/C22H22N6O2/c1-15-9-11-16(12-10-15)13-23-25-21-24-19-18(20(29)27(3)22(30)26(19)2)28(21)14-17-7-5-4-6-8-17/h4-13H,14H2,1-3H3,(H,24,25)/b23-13-. The number of aryl methyl sites for hydroxylation is 2. The van der Waals surface area contributed by atoms with Gasteiger partial charge in [0, 0.05) is 14.1 Å². The van der Waals surface area contributed by atoms with Gasteiger partial charge in [-0.25, -0.2) is 10.2 Å². The fraction of sp³-hybridized carbons (Fsp3) is 0.182. The van der Waals surface area contributed by atoms with E-state index in [1.807, 2.05) is 61.5 Å². The predicted molar refractivity (Wildman–Crippen MR) is 118 cm³/mol. The van der Waals surface area contributed by atoms with Crippen LogP contribution >= 0.6 is 0 Å². The maximum atomic E-state index is 12.9. The Kier molecular flexibility index (Phi) is 5.05. The normalized spacial score (nSPS) is 11.4. The van der Waals surface area contributed by atoms with Crippen molar-refractivity contribution in [1.82, 2.24) is 18.7 Å². The van der Waals surface area contributed by atoms with Gasteiger partial charge in [0.2, 0.25) is 5.95 Å². The van der Waals surface area contributed by atoms with Crippen molar-refractivity contribution in [2.75, 3.05) is 5.43 Å². The monoisotopic (exact) mass is 402 g/mol. The lowest BCUT2D eigenvalue weighted by atomic mass is 10.2. The Balaban J connectivity index is 1.81. The molecule has 2 aromatic heterocycles. The van der Waals surface area contributed by atoms with E-state index < -0.39 is 11.2 Å². The lowest BCUT2D eigenvalue weighted by Gasteiger charge is -2.09. The number of aromatic nitrogens is 4. The highest BCUT2D eigenvalue weighted by Crippen LogP contribution is 2.18. The van der Waals surface area contributed by atoms with Crippen LogP contribution in [-0.2, 0) is 20.6 Å². The van der Waals surface area contributed by atoms with Gasteiger partial charge < -0.3 is 0 Å². The van der Waals surface area contributed by atoms with Gasteiger partial charge >= 0.3 is 5.69 Å². The van der Waals surface area contributed by atoms with Crippen LogP contribution in [0.5, 0.6) is 0 Å². The highest BCUT2D eigenvalue weighted by molar-refractivity contribution is 5.80. The first-order valence-corrected chi connectivity index (χ1v) is 9.51. The SMILES string of the molecule is Cc1ccc(/C=N\Nc2nc3c(c(=O)n(C)c(=O)n3C)n2Cc2ccccc2)cc1. The summed E-state index contributed by atoms with van der Waals surface area (Å²) >= 11 is 0. The van der Waals surface area contributed by atoms with Gasteiger partial charge in [-0.2, -0.15) is 10.1 Å². The molecule has 0 unspecified atom stereocenters. The van der Waals surface area contributed by atoms with E-state index in [-0.39, 0.29) is 0 Å². The van der Waals surface area contributed by atoms with Crippen LogP contribution in [0.4, 0.5) is 5.95 Å². The van der Waals surface area contributed by atoms with Crippen LogP contribution in [-0.4, -0.2) is 24.9 Å². The number of rotatable bonds is 5. The van der Waals surface area contributed by atoms with Crippen LogP contribution in [0.1, 0.15) is 16.7 Å². The molecule has 0 saturated heterocycles. The number of benzene rings is 2. The van der Waals surface area contributed by atoms with Crippen molar-refractivity contribution in [2.45, 2.75) is 13.5 Å². The minimum absolute atomic E-state index is 0.312. The lowest BCUT2D eigenvalue weighted by Crippen LogP contribution is -2.37. The molecule has 0 atom stereocenters. The number of anilines is 1. The van der Waals surface area contributed by atoms with Crippen molar-refractivity contribution < 1.29 is 0 Å². The van der Waals surface area contributed by atoms with Gasteiger partial charge in [0.1, 0.15) is 0 Å². The van der Waals surface area contributed by atoms with Gasteiger partial charge in [0.05, 0.1) is 12.8 Å². The average molecular weight is 402 g/mol. The fourth-order valence-corrected chi connectivity index (χ4v) is 3.27. The van der Waals surface area contributed by atoms with Gasteiger partial charge in [0.15, 0.2) is 11.2 Å². The Labute approximate surface area is 172 Å². The Morgan fingerprint density at radius 1 is 1.00 bits per heavy atom. The quantitative estimate of drug-likeness (QED) is 0.410. The summed E-state index contributed by atoms with van der Waals surface area (Å²) in [6.07, 6.45) is 1.68. The van der Waals surface area contributed by atoms with Crippen LogP contribution in [0.15, 0.2) is 69.3 Å². The zero-order valence-corrected chi connectivity index (χ0v) is 17.0. The molecule has 0 aliphatic carbocycles. The van der Waals surface area contributed by atoms with Crippen LogP contribution in [0.2, 0.25) is 0 Å². The van der Waals surface area contributed by atoms with E-state index in [1.165, 1.54) is 17.2 Å². The van der Waals surface area contributed by atoms with Gasteiger partial charge in [-0.3, -0.25) is 18.5 Å². The lowest BCUT2D eigenvalue weighted by molar-refractivity contribution is 0.702. The molecule has 0 radical (unpaired) electrons. The number of imidazole rings is 1. The molecule has 2 heterocycles. The Morgan fingerprint density at radius 2 is 1.70 bits per heavy atom. The first-order valence-electron chi connectivity index (χ1n) is 9.51. The summed E-state index contributed by atoms with van der Waals surface area (Å²) in [5, 5.41) is 4.29. The van der Waals surface area contributed by atoms with E-state index in [9.17, 15) is 9.59 Å². The zero-order chi connectivity index (χ0) is 21.3. The van der Waals surface area contributed by atoms with E-state index in [0.717, 1.165) is 15.7 Å². The maximum Gasteiger partial charge on any atom is 0.332 e. The van der Waals surface area contributed by atoms with Crippen LogP contribution in [0, 0.1) is 6.92 Å². The molecule has 152 valence electrons. The molecule has 8 heteroatoms. The van der Waals surface area contributed by atoms with Crippen LogP contribution in [0.3, 0.4) is 0 Å². The molecular weight excluding hydrogens is 380 g/mol. The molecule has 0 bridgehead atoms. The first kappa shape index (κ1) is 19.4. The smallest absolute Gasteiger partial charge is 0.298 e. The number of hydrogen-bond donors (Lipinski definition) is 1. The van der Waals surface area contributed by atoms with Gasteiger partial charge in [-0.1, -0.05) is 60.2 Å². The average Bonchev–Trinajstić information content (AvgIpc) is 3.11. The molecule has 30 heavy (non-hydrogen) atoms. The van der Waals surface area contributed by atoms with Crippen molar-refractivity contribution in [1.29, 1.82) is 0 Å². The van der Waals surface area contributed by atoms with Crippen molar-refractivity contribution >= 4 is 23.3 Å². The molecule has 4 aromatic rings. The zero-order valence-electron chi connectivity index (χ0n) is 17.0. The second-order valence-electron chi connectivity index (χ2n) is 7.17. The number of nitrogens with one attached hydrogen (secondary N) is 1. The third-order valence-electron chi connectivity index (χ3n) is 4.99. The topological polar surface area (TPSA) is 86.2 Å². The first-order chi connectivity index (χ1) is 14.5. The number of nitrogens with zero attached hydrogens (tertiary/aromatic N) is 5. The van der Waals surface area contributed by atoms with Gasteiger partial charge in [0.25, 0.3) is 5.56 Å². The van der Waals surface area contributed by atoms with Crippen LogP contribution < -0.4 is 16.7 Å². The van der Waals surface area contributed by atoms with E-state index in [1.54, 1.807) is 17.8 Å². The second kappa shape index (κ2) is 7.82. The van der Waals surface area contributed by atoms with Crippen LogP contribution in [0.25, 0.3) is 11.2 Å². The fourth-order valence-electron chi connectivity index (χ4n) is 3.27. The van der Waals surface area contributed by atoms with Gasteiger partial charge in [-0.15, -0.1) is 0 Å².